The van der Waals surface area contributed by atoms with Crippen molar-refractivity contribution < 1.29 is 47.7 Å². The van der Waals surface area contributed by atoms with Gasteiger partial charge in [-0.25, -0.2) is 33.7 Å². The van der Waals surface area contributed by atoms with E-state index in [4.69, 9.17) is 52.6 Å². The van der Waals surface area contributed by atoms with Gasteiger partial charge >= 0.3 is 29.8 Å². The number of hydrogen-bond acceptors (Lipinski definition) is 14. The molecule has 19 heteroatoms. The van der Waals surface area contributed by atoms with Crippen LogP contribution in [-0.2, 0) is 39.4 Å². The monoisotopic (exact) mass is 1910 g/mol. The topological polar surface area (TPSA) is 235 Å². The van der Waals surface area contributed by atoms with Crippen LogP contribution in [0, 0.1) is 58.5 Å². The quantitative estimate of drug-likeness (QED) is 0.0343. The third kappa shape index (κ3) is 32.5. The Balaban J connectivity index is 0.000000288. The Hall–Kier alpha value is -11.6. The summed E-state index contributed by atoms with van der Waals surface area (Å²) in [6, 6.07) is 86.3. The summed E-state index contributed by atoms with van der Waals surface area (Å²) in [5, 5.41) is 38.9. The Bertz CT molecular complexity index is 5400. The molecule has 0 aromatic heterocycles. The second-order valence-corrected chi connectivity index (χ2v) is 37.9. The molecular weight excluding hydrogens is 1810 g/mol. The van der Waals surface area contributed by atoms with E-state index in [0.29, 0.717) is 81.3 Å². The number of ether oxygens (including phenoxy) is 5. The number of rotatable bonds is 13. The number of alkyl halides is 3. The molecule has 0 spiro atoms. The Morgan fingerprint density at radius 1 is 0.347 bits per heavy atom. The van der Waals surface area contributed by atoms with Crippen LogP contribution in [-0.4, -0.2) is 60.9 Å². The molecule has 0 unspecified atom stereocenters. The minimum absolute atomic E-state index is 0.0920. The zero-order chi connectivity index (χ0) is 88.0. The first-order chi connectivity index (χ1) is 55.7. The predicted octanol–water partition coefficient (Wildman–Crippen LogP) is 26.2. The van der Waals surface area contributed by atoms with Crippen LogP contribution in [0.25, 0.3) is 31.2 Å². The van der Waals surface area contributed by atoms with Gasteiger partial charge in [0.05, 0.1) is 102 Å². The van der Waals surface area contributed by atoms with Gasteiger partial charge < -0.3 is 23.7 Å². The lowest BCUT2D eigenvalue weighted by atomic mass is 9.76. The number of hydrogen-bond donors (Lipinski definition) is 0. The van der Waals surface area contributed by atoms with Crippen molar-refractivity contribution in [3.63, 3.8) is 0 Å². The summed E-state index contributed by atoms with van der Waals surface area (Å²) in [6.45, 7) is 47.9. The van der Waals surface area contributed by atoms with Gasteiger partial charge in [-0.3, -0.25) is 0 Å². The molecule has 0 fully saturated rings. The summed E-state index contributed by atoms with van der Waals surface area (Å²) in [6.07, 6.45) is 0. The van der Waals surface area contributed by atoms with Crippen molar-refractivity contribution in [2.75, 3.05) is 19.8 Å². The smallest absolute Gasteiger partial charge is 0.339 e. The number of carbonyl (C=O) groups is 5. The maximum absolute atomic E-state index is 12.3. The van der Waals surface area contributed by atoms with Crippen molar-refractivity contribution in [3.8, 4) is 24.3 Å². The average molecular weight is 1910 g/mol. The Labute approximate surface area is 737 Å². The molecule has 0 radical (unpaired) electrons. The maximum atomic E-state index is 12.3. The lowest BCUT2D eigenvalue weighted by Crippen LogP contribution is -2.25. The summed E-state index contributed by atoms with van der Waals surface area (Å²) in [5.74, 6) is -1.33. The molecule has 0 aliphatic heterocycles. The highest BCUT2D eigenvalue weighted by Gasteiger charge is 2.30. The minimum Gasteiger partial charge on any atom is -0.462 e. The molecule has 0 saturated heterocycles. The molecule has 0 bridgehead atoms. The van der Waals surface area contributed by atoms with Crippen molar-refractivity contribution in [2.24, 2.45) is 0 Å². The van der Waals surface area contributed by atoms with Gasteiger partial charge in [0.25, 0.3) is 0 Å². The van der Waals surface area contributed by atoms with E-state index in [2.05, 4.69) is 137 Å². The van der Waals surface area contributed by atoms with Crippen LogP contribution in [0.3, 0.4) is 0 Å². The Morgan fingerprint density at radius 3 is 1.25 bits per heavy atom. The molecule has 16 nitrogen and oxygen atoms in total. The van der Waals surface area contributed by atoms with Gasteiger partial charge in [-0.05, 0) is 208 Å². The van der Waals surface area contributed by atoms with Crippen molar-refractivity contribution in [1.29, 1.82) is 21.0 Å². The van der Waals surface area contributed by atoms with Crippen LogP contribution < -0.4 is 0 Å². The predicted molar refractivity (Wildman–Crippen MR) is 496 cm³/mol. The highest BCUT2D eigenvalue weighted by atomic mass is 127. The largest absolute Gasteiger partial charge is 0.462 e. The number of carbonyl (C=O) groups excluding carboxylic acids is 5. The van der Waals surface area contributed by atoms with E-state index < -0.39 is 11.2 Å². The third-order valence-electron chi connectivity index (χ3n) is 16.7. The van der Waals surface area contributed by atoms with E-state index in [9.17, 15) is 29.2 Å². The molecule has 11 rings (SSSR count). The first kappa shape index (κ1) is 98.8. The molecule has 0 heterocycles. The summed E-state index contributed by atoms with van der Waals surface area (Å²) in [4.78, 5) is 65.7. The fourth-order valence-electron chi connectivity index (χ4n) is 11.1. The van der Waals surface area contributed by atoms with E-state index in [-0.39, 0.29) is 45.5 Å². The summed E-state index contributed by atoms with van der Waals surface area (Å²) >= 11 is 6.96. The fraction of sp³-hybridized carbons (Fsp3) is 0.263. The van der Waals surface area contributed by atoms with Crippen LogP contribution in [0.15, 0.2) is 255 Å². The normalized spacial score (nSPS) is 10.6. The molecular formula is C99H99I3N6O10. The van der Waals surface area contributed by atoms with Crippen LogP contribution in [0.4, 0.5) is 11.4 Å². The van der Waals surface area contributed by atoms with Crippen LogP contribution in [0.1, 0.15) is 220 Å². The van der Waals surface area contributed by atoms with E-state index in [1.807, 2.05) is 245 Å². The van der Waals surface area contributed by atoms with Crippen LogP contribution in [0.2, 0.25) is 0 Å². The summed E-state index contributed by atoms with van der Waals surface area (Å²) < 4.78 is 25.5. The van der Waals surface area contributed by atoms with Crippen molar-refractivity contribution in [2.45, 2.75) is 145 Å². The molecule has 0 amide bonds. The van der Waals surface area contributed by atoms with E-state index in [1.54, 1.807) is 91.9 Å². The minimum atomic E-state index is -0.459. The first-order valence-electron chi connectivity index (χ1n) is 37.7. The van der Waals surface area contributed by atoms with E-state index in [1.165, 1.54) is 0 Å². The Kier molecular flexibility index (Phi) is 39.8. The molecule has 11 aromatic rings. The van der Waals surface area contributed by atoms with Crippen LogP contribution >= 0.6 is 67.8 Å². The second kappa shape index (κ2) is 47.6. The zero-order valence-corrected chi connectivity index (χ0v) is 76.2. The fourth-order valence-corrected chi connectivity index (χ4v) is 12.4. The van der Waals surface area contributed by atoms with Crippen LogP contribution in [0.5, 0.6) is 0 Å². The summed E-state index contributed by atoms with van der Waals surface area (Å²) in [7, 11) is 0. The number of nitrogens with zero attached hydrogens (tertiary/aromatic N) is 6. The van der Waals surface area contributed by atoms with Gasteiger partial charge in [-0.15, -0.1) is 0 Å². The molecule has 0 N–H and O–H groups in total. The molecule has 0 saturated carbocycles. The Morgan fingerprint density at radius 2 is 0.754 bits per heavy atom. The SMILES string of the molecule is CC(C)(C)OC(=O)c1ccccc1.CC(C)(C)OC(=O)c1ccccc1C(C)(C)I.CCOC(=O)c1c(C(C)(C)I)ccc2ccccc12.CCOC(=O)c1ccc(C(C)(C)c2ccccc2C#N)cc1.CCOC(=O)c1cccc2ccccc12.N#Cc1ccccc1.[C-]#[N+]c1ccc(C#N)c(C(C)(C)I)c1.[C-]#[N+]c1ccc(C#N)cc1. The van der Waals surface area contributed by atoms with Crippen molar-refractivity contribution >= 4 is 131 Å². The zero-order valence-electron chi connectivity index (χ0n) is 69.8. The number of esters is 5. The molecule has 0 aliphatic rings. The highest BCUT2D eigenvalue weighted by Crippen LogP contribution is 2.39. The van der Waals surface area contributed by atoms with E-state index >= 15 is 0 Å². The van der Waals surface area contributed by atoms with Gasteiger partial charge in [0.2, 0.25) is 0 Å². The molecule has 606 valence electrons. The number of halogens is 3. The number of benzene rings is 11. The lowest BCUT2D eigenvalue weighted by molar-refractivity contribution is 0.00561. The first-order valence-corrected chi connectivity index (χ1v) is 40.9. The van der Waals surface area contributed by atoms with Gasteiger partial charge in [0.15, 0.2) is 11.4 Å². The summed E-state index contributed by atoms with van der Waals surface area (Å²) in [5.41, 5.74) is 10.7. The highest BCUT2D eigenvalue weighted by molar-refractivity contribution is 14.1. The lowest BCUT2D eigenvalue weighted by Gasteiger charge is -2.27. The molecule has 0 atom stereocenters. The van der Waals surface area contributed by atoms with Crippen molar-refractivity contribution in [1.82, 2.24) is 0 Å². The third-order valence-corrected chi connectivity index (χ3v) is 18.4. The molecule has 0 aliphatic carbocycles. The molecule has 11 aromatic carbocycles. The molecule has 118 heavy (non-hydrogen) atoms. The number of nitriles is 4. The van der Waals surface area contributed by atoms with Gasteiger partial charge in [-0.1, -0.05) is 282 Å². The van der Waals surface area contributed by atoms with Gasteiger partial charge in [-0.2, -0.15) is 21.0 Å². The maximum Gasteiger partial charge on any atom is 0.339 e. The van der Waals surface area contributed by atoms with Gasteiger partial charge in [0, 0.05) is 21.2 Å². The number of fused-ring (bicyclic) bond motifs is 2. The average Bonchev–Trinajstić information content (AvgIpc) is 0.773. The standard InChI is InChI=1S/C19H19NO2.C16H17IO2.C14H19IO2.C13H12O2.C11H9IN2.C11H14O2.C8H4N2.C7H5N/c1-4-22-18(21)14-9-11-16(12-10-14)19(2,3)17-8-6-5-7-15(17)13-20;1-4-19-15(18)14-12-8-6-5-7-11(12)9-10-13(14)16(2,3)17;1-13(2,3)17-12(16)10-8-6-7-9-11(10)14(4,5)15;1-2-15-13(14)12-9-5-7-10-6-3-4-8-11(10)12;1-11(2,12)10-6-9(14-3)5-4-8(10)7-13;1-11(2,3)13-10(12)9-7-5-4-6-8-9;1-10-8-4-2-7(6-9)3-5-8;8-6-7-4-2-1-3-5-7/h5-12H,4H2,1-3H3;5-10H,4H2,1-3H3;6-9H,1-5H3;3-9H,2H2,1H3;4-6H,1-2H3;4-8H,1-3H3;2-5H;1-5H. The van der Waals surface area contributed by atoms with Gasteiger partial charge in [0.1, 0.15) is 11.2 Å². The second-order valence-electron chi connectivity index (χ2n) is 29.8. The van der Waals surface area contributed by atoms with E-state index in [0.717, 1.165) is 49.4 Å². The van der Waals surface area contributed by atoms with Crippen molar-refractivity contribution in [3.05, 3.63) is 356 Å².